The van der Waals surface area contributed by atoms with E-state index in [1.165, 1.54) is 24.2 Å². The van der Waals surface area contributed by atoms with E-state index in [2.05, 4.69) is 10.3 Å². The molecule has 7 heteroatoms. The molecule has 1 aliphatic rings. The van der Waals surface area contributed by atoms with E-state index in [1.54, 1.807) is 25.3 Å². The van der Waals surface area contributed by atoms with E-state index < -0.39 is 6.10 Å². The SMILES string of the molecule is CC(OCC1CC1)C(=O)Nc1ncc(Cc2cc(Cl)ccc2Cl)s1. The van der Waals surface area contributed by atoms with Crippen LogP contribution in [0.15, 0.2) is 24.4 Å². The molecule has 1 amide bonds. The van der Waals surface area contributed by atoms with Crippen molar-refractivity contribution in [3.63, 3.8) is 0 Å². The van der Waals surface area contributed by atoms with Gasteiger partial charge < -0.3 is 4.74 Å². The Kier molecular flexibility index (Phi) is 5.76. The first-order chi connectivity index (χ1) is 11.5. The van der Waals surface area contributed by atoms with E-state index in [1.807, 2.05) is 6.07 Å². The van der Waals surface area contributed by atoms with Crippen molar-refractivity contribution >= 4 is 45.6 Å². The van der Waals surface area contributed by atoms with Crippen LogP contribution in [-0.2, 0) is 16.0 Å². The van der Waals surface area contributed by atoms with Gasteiger partial charge in [-0.1, -0.05) is 23.2 Å². The lowest BCUT2D eigenvalue weighted by Gasteiger charge is -2.11. The fraction of sp³-hybridized carbons (Fsp3) is 0.412. The number of amides is 1. The molecule has 0 saturated heterocycles. The number of anilines is 1. The van der Waals surface area contributed by atoms with Crippen LogP contribution in [0.3, 0.4) is 0 Å². The Morgan fingerprint density at radius 1 is 1.46 bits per heavy atom. The minimum atomic E-state index is -0.472. The van der Waals surface area contributed by atoms with Crippen molar-refractivity contribution in [3.8, 4) is 0 Å². The number of thiazole rings is 1. The van der Waals surface area contributed by atoms with Gasteiger partial charge in [-0.15, -0.1) is 11.3 Å². The maximum Gasteiger partial charge on any atom is 0.254 e. The second-order valence-electron chi connectivity index (χ2n) is 5.95. The van der Waals surface area contributed by atoms with E-state index in [4.69, 9.17) is 27.9 Å². The van der Waals surface area contributed by atoms with Crippen LogP contribution in [-0.4, -0.2) is 23.6 Å². The average molecular weight is 385 g/mol. The highest BCUT2D eigenvalue weighted by Gasteiger charge is 2.24. The number of nitrogens with zero attached hydrogens (tertiary/aromatic N) is 1. The lowest BCUT2D eigenvalue weighted by Crippen LogP contribution is -2.28. The summed E-state index contributed by atoms with van der Waals surface area (Å²) < 4.78 is 5.56. The molecule has 1 fully saturated rings. The second-order valence-corrected chi connectivity index (χ2v) is 7.91. The van der Waals surface area contributed by atoms with Crippen LogP contribution in [0, 0.1) is 5.92 Å². The van der Waals surface area contributed by atoms with Gasteiger partial charge in [0.2, 0.25) is 0 Å². The molecule has 0 spiro atoms. The van der Waals surface area contributed by atoms with Crippen molar-refractivity contribution < 1.29 is 9.53 Å². The number of hydrogen-bond donors (Lipinski definition) is 1. The van der Waals surface area contributed by atoms with E-state index in [0.717, 1.165) is 10.4 Å². The van der Waals surface area contributed by atoms with Crippen molar-refractivity contribution in [1.29, 1.82) is 0 Å². The van der Waals surface area contributed by atoms with Gasteiger partial charge in [-0.3, -0.25) is 10.1 Å². The lowest BCUT2D eigenvalue weighted by molar-refractivity contribution is -0.126. The third-order valence-corrected chi connectivity index (χ3v) is 5.32. The monoisotopic (exact) mass is 384 g/mol. The van der Waals surface area contributed by atoms with Crippen LogP contribution in [0.5, 0.6) is 0 Å². The van der Waals surface area contributed by atoms with Gasteiger partial charge in [0.15, 0.2) is 5.13 Å². The summed E-state index contributed by atoms with van der Waals surface area (Å²) >= 11 is 13.6. The predicted molar refractivity (Wildman–Crippen MR) is 98.1 cm³/mol. The number of halogens is 2. The van der Waals surface area contributed by atoms with Gasteiger partial charge in [0.05, 0.1) is 6.61 Å². The molecule has 1 N–H and O–H groups in total. The average Bonchev–Trinajstić information content (AvgIpc) is 3.28. The molecular formula is C17H18Cl2N2O2S. The normalized spacial score (nSPS) is 15.3. The van der Waals surface area contributed by atoms with E-state index in [9.17, 15) is 4.79 Å². The van der Waals surface area contributed by atoms with Crippen LogP contribution in [0.25, 0.3) is 0 Å². The summed E-state index contributed by atoms with van der Waals surface area (Å²) in [6.07, 6.45) is 4.31. The quantitative estimate of drug-likeness (QED) is 0.745. The highest BCUT2D eigenvalue weighted by atomic mass is 35.5. The number of carbonyl (C=O) groups is 1. The van der Waals surface area contributed by atoms with Crippen molar-refractivity contribution in [2.45, 2.75) is 32.3 Å². The molecule has 1 aromatic heterocycles. The van der Waals surface area contributed by atoms with E-state index in [-0.39, 0.29) is 5.91 Å². The van der Waals surface area contributed by atoms with Gasteiger partial charge in [-0.2, -0.15) is 0 Å². The van der Waals surface area contributed by atoms with Crippen LogP contribution in [0.2, 0.25) is 10.0 Å². The summed E-state index contributed by atoms with van der Waals surface area (Å²) in [4.78, 5) is 17.4. The first kappa shape index (κ1) is 17.7. The molecule has 1 saturated carbocycles. The Bertz CT molecular complexity index is 731. The highest BCUT2D eigenvalue weighted by Crippen LogP contribution is 2.29. The molecule has 1 aromatic carbocycles. The van der Waals surface area contributed by atoms with Gasteiger partial charge >= 0.3 is 0 Å². The largest absolute Gasteiger partial charge is 0.368 e. The summed E-state index contributed by atoms with van der Waals surface area (Å²) in [5, 5.41) is 4.68. The minimum Gasteiger partial charge on any atom is -0.368 e. The molecule has 0 radical (unpaired) electrons. The van der Waals surface area contributed by atoms with E-state index in [0.29, 0.717) is 34.1 Å². The molecular weight excluding hydrogens is 367 g/mol. The minimum absolute atomic E-state index is 0.169. The van der Waals surface area contributed by atoms with Crippen molar-refractivity contribution in [1.82, 2.24) is 4.98 Å². The molecule has 1 aliphatic carbocycles. The lowest BCUT2D eigenvalue weighted by atomic mass is 10.1. The summed E-state index contributed by atoms with van der Waals surface area (Å²) in [6, 6.07) is 5.38. The van der Waals surface area contributed by atoms with Gasteiger partial charge in [0.1, 0.15) is 6.10 Å². The first-order valence-electron chi connectivity index (χ1n) is 7.82. The number of ether oxygens (including phenoxy) is 1. The molecule has 4 nitrogen and oxygen atoms in total. The van der Waals surface area contributed by atoms with Crippen LogP contribution in [0.1, 0.15) is 30.2 Å². The molecule has 1 heterocycles. The van der Waals surface area contributed by atoms with E-state index >= 15 is 0 Å². The molecule has 0 aliphatic heterocycles. The summed E-state index contributed by atoms with van der Waals surface area (Å²) in [6.45, 7) is 2.42. The topological polar surface area (TPSA) is 51.2 Å². The Balaban J connectivity index is 1.56. The number of aromatic nitrogens is 1. The Morgan fingerprint density at radius 2 is 2.25 bits per heavy atom. The summed E-state index contributed by atoms with van der Waals surface area (Å²) in [5.41, 5.74) is 0.937. The molecule has 128 valence electrons. The van der Waals surface area contributed by atoms with Gasteiger partial charge in [0, 0.05) is 27.5 Å². The zero-order chi connectivity index (χ0) is 17.1. The highest BCUT2D eigenvalue weighted by molar-refractivity contribution is 7.15. The maximum atomic E-state index is 12.1. The zero-order valence-corrected chi connectivity index (χ0v) is 15.5. The molecule has 1 atom stereocenters. The number of nitrogens with one attached hydrogen (secondary N) is 1. The molecule has 1 unspecified atom stereocenters. The first-order valence-corrected chi connectivity index (χ1v) is 9.39. The molecule has 3 rings (SSSR count). The maximum absolute atomic E-state index is 12.1. The van der Waals surface area contributed by atoms with Crippen LogP contribution < -0.4 is 5.32 Å². The molecule has 0 bridgehead atoms. The number of carbonyl (C=O) groups excluding carboxylic acids is 1. The fourth-order valence-electron chi connectivity index (χ4n) is 2.16. The fourth-order valence-corrected chi connectivity index (χ4v) is 3.38. The van der Waals surface area contributed by atoms with Crippen LogP contribution in [0.4, 0.5) is 5.13 Å². The van der Waals surface area contributed by atoms with Crippen LogP contribution >= 0.6 is 34.5 Å². The van der Waals surface area contributed by atoms with Gasteiger partial charge in [-0.25, -0.2) is 4.98 Å². The third kappa shape index (κ3) is 4.93. The van der Waals surface area contributed by atoms with Crippen molar-refractivity contribution in [3.05, 3.63) is 44.9 Å². The second kappa shape index (κ2) is 7.83. The number of rotatable bonds is 7. The Labute approximate surface area is 155 Å². The standard InChI is InChI=1S/C17H18Cl2N2O2S/c1-10(23-9-11-2-3-11)16(22)21-17-20-8-14(24-17)7-12-6-13(18)4-5-15(12)19/h4-6,8,10-11H,2-3,7,9H2,1H3,(H,20,21,22). The predicted octanol–water partition coefficient (Wildman–Crippen LogP) is 4.79. The summed E-state index contributed by atoms with van der Waals surface area (Å²) in [5.74, 6) is 0.464. The van der Waals surface area contributed by atoms with Gasteiger partial charge in [-0.05, 0) is 49.4 Å². The zero-order valence-electron chi connectivity index (χ0n) is 13.2. The van der Waals surface area contributed by atoms with Crippen molar-refractivity contribution in [2.24, 2.45) is 5.92 Å². The Hall–Kier alpha value is -1.14. The molecule has 24 heavy (non-hydrogen) atoms. The third-order valence-electron chi connectivity index (χ3n) is 3.80. The smallest absolute Gasteiger partial charge is 0.254 e. The number of hydrogen-bond acceptors (Lipinski definition) is 4. The van der Waals surface area contributed by atoms with Crippen molar-refractivity contribution in [2.75, 3.05) is 11.9 Å². The summed E-state index contributed by atoms with van der Waals surface area (Å²) in [7, 11) is 0. The van der Waals surface area contributed by atoms with Gasteiger partial charge in [0.25, 0.3) is 5.91 Å². The number of benzene rings is 1. The Morgan fingerprint density at radius 3 is 3.00 bits per heavy atom. The molecule has 2 aromatic rings.